The van der Waals surface area contributed by atoms with Gasteiger partial charge >= 0.3 is 0 Å². The number of ketones is 1. The van der Waals surface area contributed by atoms with Crippen LogP contribution in [0.5, 0.6) is 0 Å². The van der Waals surface area contributed by atoms with Crippen LogP contribution < -0.4 is 0 Å². The molecule has 0 heterocycles. The van der Waals surface area contributed by atoms with Gasteiger partial charge in [0, 0.05) is 18.4 Å². The normalized spacial score (nSPS) is 23.5. The van der Waals surface area contributed by atoms with Crippen molar-refractivity contribution in [3.63, 3.8) is 0 Å². The average molecular weight is 140 g/mol. The number of hydrogen-bond acceptors (Lipinski definition) is 2. The minimum absolute atomic E-state index is 0.138. The lowest BCUT2D eigenvalue weighted by molar-refractivity contribution is -0.114. The fraction of sp³-hybridized carbons (Fsp3) is 0.625. The summed E-state index contributed by atoms with van der Waals surface area (Å²) in [7, 11) is 0. The number of Topliss-reactive ketones (excluding diaryl/α,β-unsaturated/α-hetero) is 1. The predicted molar refractivity (Wildman–Crippen MR) is 38.8 cm³/mol. The van der Waals surface area contributed by atoms with Crippen LogP contribution in [0.1, 0.15) is 32.6 Å². The Morgan fingerprint density at radius 3 is 2.70 bits per heavy atom. The van der Waals surface area contributed by atoms with Crippen LogP contribution in [0.2, 0.25) is 0 Å². The smallest absolute Gasteiger partial charge is 0.162 e. The van der Waals surface area contributed by atoms with Crippen molar-refractivity contribution in [2.24, 2.45) is 0 Å². The van der Waals surface area contributed by atoms with E-state index in [4.69, 9.17) is 0 Å². The van der Waals surface area contributed by atoms with Crippen LogP contribution >= 0.6 is 0 Å². The Balaban J connectivity index is 2.79. The molecule has 0 unspecified atom stereocenters. The fourth-order valence-corrected chi connectivity index (χ4v) is 1.23. The molecule has 1 rings (SSSR count). The maximum Gasteiger partial charge on any atom is 0.162 e. The summed E-state index contributed by atoms with van der Waals surface area (Å²) in [5, 5.41) is 9.19. The molecule has 0 aliphatic heterocycles. The first-order valence-corrected chi connectivity index (χ1v) is 3.70. The molecule has 56 valence electrons. The summed E-state index contributed by atoms with van der Waals surface area (Å²) in [4.78, 5) is 11.0. The van der Waals surface area contributed by atoms with Crippen LogP contribution in [0.3, 0.4) is 0 Å². The van der Waals surface area contributed by atoms with E-state index in [9.17, 15) is 9.90 Å². The zero-order valence-corrected chi connectivity index (χ0v) is 6.18. The molecule has 1 aliphatic rings. The van der Waals surface area contributed by atoms with Gasteiger partial charge in [-0.3, -0.25) is 4.79 Å². The van der Waals surface area contributed by atoms with E-state index in [1.165, 1.54) is 0 Å². The summed E-state index contributed by atoms with van der Waals surface area (Å²) < 4.78 is 0. The summed E-state index contributed by atoms with van der Waals surface area (Å²) in [5.74, 6) is 0.432. The largest absolute Gasteiger partial charge is 0.512 e. The number of rotatable bonds is 1. The fourth-order valence-electron chi connectivity index (χ4n) is 1.23. The molecule has 0 amide bonds. The zero-order valence-electron chi connectivity index (χ0n) is 6.18. The van der Waals surface area contributed by atoms with Crippen LogP contribution in [-0.4, -0.2) is 10.9 Å². The molecule has 1 fully saturated rings. The molecule has 0 spiro atoms. The summed E-state index contributed by atoms with van der Waals surface area (Å²) >= 11 is 0. The highest BCUT2D eigenvalue weighted by atomic mass is 16.3. The molecule has 1 saturated carbocycles. The highest BCUT2D eigenvalue weighted by molar-refractivity contribution is 5.97. The van der Waals surface area contributed by atoms with Crippen molar-refractivity contribution >= 4 is 5.78 Å². The summed E-state index contributed by atoms with van der Waals surface area (Å²) in [6, 6.07) is 0. The van der Waals surface area contributed by atoms with E-state index in [0.29, 0.717) is 24.2 Å². The number of aliphatic hydroxyl groups is 1. The molecule has 0 atom stereocenters. The molecular weight excluding hydrogens is 128 g/mol. The van der Waals surface area contributed by atoms with E-state index in [1.54, 1.807) is 0 Å². The van der Waals surface area contributed by atoms with Crippen molar-refractivity contribution in [1.82, 2.24) is 0 Å². The van der Waals surface area contributed by atoms with Crippen LogP contribution in [0, 0.1) is 0 Å². The van der Waals surface area contributed by atoms with Gasteiger partial charge in [0.25, 0.3) is 0 Å². The molecular formula is C8H12O2. The number of allylic oxidation sites excluding steroid dienone is 2. The highest BCUT2D eigenvalue weighted by Crippen LogP contribution is 2.23. The van der Waals surface area contributed by atoms with Gasteiger partial charge < -0.3 is 5.11 Å². The number of carbonyl (C=O) groups is 1. The molecule has 0 aromatic heterocycles. The molecule has 0 saturated heterocycles. The Bertz CT molecular complexity index is 180. The molecule has 1 aliphatic carbocycles. The van der Waals surface area contributed by atoms with Gasteiger partial charge in [-0.05, 0) is 12.8 Å². The van der Waals surface area contributed by atoms with E-state index in [0.717, 1.165) is 12.8 Å². The van der Waals surface area contributed by atoms with Gasteiger partial charge in [-0.2, -0.15) is 0 Å². The van der Waals surface area contributed by atoms with E-state index in [2.05, 4.69) is 0 Å². The van der Waals surface area contributed by atoms with Crippen molar-refractivity contribution in [2.45, 2.75) is 32.6 Å². The standard InChI is InChI=1S/C8H12O2/c1-2-7(9)6-4-3-5-8(6)10/h9H,2-5H2,1H3. The van der Waals surface area contributed by atoms with E-state index in [1.807, 2.05) is 6.92 Å². The Morgan fingerprint density at radius 1 is 1.60 bits per heavy atom. The summed E-state index contributed by atoms with van der Waals surface area (Å²) in [6.07, 6.45) is 2.90. The molecule has 0 aromatic carbocycles. The molecule has 0 radical (unpaired) electrons. The van der Waals surface area contributed by atoms with Crippen molar-refractivity contribution in [1.29, 1.82) is 0 Å². The van der Waals surface area contributed by atoms with Gasteiger partial charge in [-0.1, -0.05) is 6.92 Å². The molecule has 2 heteroatoms. The minimum Gasteiger partial charge on any atom is -0.512 e. The van der Waals surface area contributed by atoms with Crippen molar-refractivity contribution < 1.29 is 9.90 Å². The molecule has 1 N–H and O–H groups in total. The summed E-state index contributed by atoms with van der Waals surface area (Å²) in [6.45, 7) is 1.86. The van der Waals surface area contributed by atoms with Crippen molar-refractivity contribution in [3.05, 3.63) is 11.3 Å². The molecule has 2 nitrogen and oxygen atoms in total. The van der Waals surface area contributed by atoms with Crippen LogP contribution in [0.15, 0.2) is 11.3 Å². The maximum atomic E-state index is 11.0. The number of aliphatic hydroxyl groups excluding tert-OH is 1. The molecule has 0 bridgehead atoms. The van der Waals surface area contributed by atoms with Crippen molar-refractivity contribution in [2.75, 3.05) is 0 Å². The SMILES string of the molecule is CCC(O)=C1CCCC1=O. The van der Waals surface area contributed by atoms with E-state index < -0.39 is 0 Å². The lowest BCUT2D eigenvalue weighted by atomic mass is 10.1. The van der Waals surface area contributed by atoms with E-state index >= 15 is 0 Å². The second-order valence-corrected chi connectivity index (χ2v) is 2.56. The van der Waals surface area contributed by atoms with Crippen LogP contribution in [0.25, 0.3) is 0 Å². The monoisotopic (exact) mass is 140 g/mol. The third kappa shape index (κ3) is 1.20. The lowest BCUT2D eigenvalue weighted by Gasteiger charge is -1.97. The Hall–Kier alpha value is -0.790. The van der Waals surface area contributed by atoms with E-state index in [-0.39, 0.29) is 5.78 Å². The summed E-state index contributed by atoms with van der Waals surface area (Å²) in [5.41, 5.74) is 0.669. The first-order chi connectivity index (χ1) is 4.75. The zero-order chi connectivity index (χ0) is 7.56. The molecule has 10 heavy (non-hydrogen) atoms. The average Bonchev–Trinajstić information content (AvgIpc) is 2.34. The Kier molecular flexibility index (Phi) is 2.10. The van der Waals surface area contributed by atoms with Crippen LogP contribution in [0.4, 0.5) is 0 Å². The first kappa shape index (κ1) is 7.32. The van der Waals surface area contributed by atoms with Crippen molar-refractivity contribution in [3.8, 4) is 0 Å². The highest BCUT2D eigenvalue weighted by Gasteiger charge is 2.19. The predicted octanol–water partition coefficient (Wildman–Crippen LogP) is 1.96. The van der Waals surface area contributed by atoms with Gasteiger partial charge in [0.05, 0.1) is 5.76 Å². The minimum atomic E-state index is 0.138. The number of carbonyl (C=O) groups excluding carboxylic acids is 1. The third-order valence-electron chi connectivity index (χ3n) is 1.85. The second kappa shape index (κ2) is 2.86. The van der Waals surface area contributed by atoms with Gasteiger partial charge in [0.15, 0.2) is 5.78 Å². The second-order valence-electron chi connectivity index (χ2n) is 2.56. The van der Waals surface area contributed by atoms with Gasteiger partial charge in [0.2, 0.25) is 0 Å². The molecule has 0 aromatic rings. The Labute approximate surface area is 60.6 Å². The topological polar surface area (TPSA) is 37.3 Å². The first-order valence-electron chi connectivity index (χ1n) is 3.70. The van der Waals surface area contributed by atoms with Gasteiger partial charge in [-0.25, -0.2) is 0 Å². The third-order valence-corrected chi connectivity index (χ3v) is 1.85. The maximum absolute atomic E-state index is 11.0. The van der Waals surface area contributed by atoms with Gasteiger partial charge in [-0.15, -0.1) is 0 Å². The lowest BCUT2D eigenvalue weighted by Crippen LogP contribution is -1.96. The quantitative estimate of drug-likeness (QED) is 0.446. The number of hydrogen-bond donors (Lipinski definition) is 1. The van der Waals surface area contributed by atoms with Gasteiger partial charge in [0.1, 0.15) is 0 Å². The Morgan fingerprint density at radius 2 is 2.30 bits per heavy atom. The van der Waals surface area contributed by atoms with Crippen LogP contribution in [-0.2, 0) is 4.79 Å².